The maximum absolute atomic E-state index is 13.2. The fourth-order valence-electron chi connectivity index (χ4n) is 3.34. The maximum Gasteiger partial charge on any atom is 0.288 e. The van der Waals surface area contributed by atoms with Crippen molar-refractivity contribution >= 4 is 27.0 Å². The molecule has 31 heavy (non-hydrogen) atoms. The first-order chi connectivity index (χ1) is 14.7. The number of amidine groups is 1. The van der Waals surface area contributed by atoms with Crippen LogP contribution < -0.4 is 10.6 Å². The summed E-state index contributed by atoms with van der Waals surface area (Å²) in [6.45, 7) is 0.147. The lowest BCUT2D eigenvalue weighted by Gasteiger charge is -2.39. The quantitative estimate of drug-likeness (QED) is 0.530. The van der Waals surface area contributed by atoms with Gasteiger partial charge in [0.05, 0.1) is 17.8 Å². The number of amides is 1. The molecule has 1 aliphatic rings. The molecule has 4 rings (SSSR count). The third-order valence-electron chi connectivity index (χ3n) is 4.85. The van der Waals surface area contributed by atoms with Gasteiger partial charge in [0.15, 0.2) is 0 Å². The maximum atomic E-state index is 13.2. The lowest BCUT2D eigenvalue weighted by Crippen LogP contribution is -2.44. The standard InChI is InChI=1S/C22H20N4O4S/c1-3-15-9-10-18-19(13-15)31(2,28,29)26-20(25-18)21(27)24-14-17(22-23-11-12-30-22)16-7-5-4-6-8-16/h1,4-13,17H,14H2,2H3,(H,24,27)(H2,25,26,28,29). The Morgan fingerprint density at radius 2 is 2.10 bits per heavy atom. The Kier molecular flexibility index (Phi) is 4.97. The Bertz CT molecular complexity index is 1270. The molecule has 1 unspecified atom stereocenters. The van der Waals surface area contributed by atoms with Crippen molar-refractivity contribution in [2.45, 2.75) is 10.8 Å². The lowest BCUT2D eigenvalue weighted by molar-refractivity contribution is -0.114. The van der Waals surface area contributed by atoms with Crippen LogP contribution in [0.15, 0.2) is 74.7 Å². The number of carbonyl (C=O) groups is 1. The molecule has 158 valence electrons. The Labute approximate surface area is 179 Å². The number of hydrogen-bond donors (Lipinski definition) is 3. The normalized spacial score (nSPS) is 18.1. The molecule has 0 aliphatic carbocycles. The van der Waals surface area contributed by atoms with Crippen molar-refractivity contribution in [2.75, 3.05) is 18.1 Å². The summed E-state index contributed by atoms with van der Waals surface area (Å²) in [5, 5.41) is 5.57. The zero-order valence-corrected chi connectivity index (χ0v) is 17.4. The van der Waals surface area contributed by atoms with E-state index in [4.69, 9.17) is 10.8 Å². The van der Waals surface area contributed by atoms with Crippen molar-refractivity contribution < 1.29 is 18.0 Å². The summed E-state index contributed by atoms with van der Waals surface area (Å²) in [6, 6.07) is 14.0. The van der Waals surface area contributed by atoms with Crippen molar-refractivity contribution in [2.24, 2.45) is 4.40 Å². The van der Waals surface area contributed by atoms with E-state index in [1.165, 1.54) is 18.5 Å². The first-order valence-electron chi connectivity index (χ1n) is 9.35. The summed E-state index contributed by atoms with van der Waals surface area (Å²) in [4.78, 5) is 17.1. The minimum Gasteiger partial charge on any atom is -0.448 e. The van der Waals surface area contributed by atoms with E-state index in [2.05, 4.69) is 25.9 Å². The first kappa shape index (κ1) is 20.5. The highest BCUT2D eigenvalue weighted by atomic mass is 32.3. The predicted molar refractivity (Wildman–Crippen MR) is 118 cm³/mol. The Morgan fingerprint density at radius 3 is 2.77 bits per heavy atom. The number of oxazole rings is 1. The highest BCUT2D eigenvalue weighted by Gasteiger charge is 2.34. The largest absolute Gasteiger partial charge is 0.448 e. The van der Waals surface area contributed by atoms with Crippen LogP contribution in [0.25, 0.3) is 0 Å². The zero-order chi connectivity index (χ0) is 22.1. The molecule has 0 saturated heterocycles. The molecule has 0 radical (unpaired) electrons. The SMILES string of the molecule is C#Cc1ccc2c(c1)S(C)(=O)(O)N=C(C(=O)NCC(c1ccccc1)c1ncco1)N2. The molecule has 3 N–H and O–H groups in total. The van der Waals surface area contributed by atoms with Gasteiger partial charge in [0, 0.05) is 18.4 Å². The van der Waals surface area contributed by atoms with E-state index in [0.29, 0.717) is 17.1 Å². The number of carbonyl (C=O) groups excluding carboxylic acids is 1. The highest BCUT2D eigenvalue weighted by Crippen LogP contribution is 2.40. The number of hydrogen-bond acceptors (Lipinski definition) is 5. The van der Waals surface area contributed by atoms with E-state index in [1.807, 2.05) is 30.3 Å². The van der Waals surface area contributed by atoms with Crippen LogP contribution in [0.4, 0.5) is 5.69 Å². The van der Waals surface area contributed by atoms with Crippen molar-refractivity contribution in [1.29, 1.82) is 0 Å². The summed E-state index contributed by atoms with van der Waals surface area (Å²) >= 11 is 0. The molecule has 0 spiro atoms. The summed E-state index contributed by atoms with van der Waals surface area (Å²) in [6.07, 6.45) is 9.47. The Balaban J connectivity index is 1.59. The summed E-state index contributed by atoms with van der Waals surface area (Å²) in [7, 11) is -4.67. The fraction of sp³-hybridized carbons (Fsp3) is 0.136. The topological polar surface area (TPSA) is 117 Å². The molecule has 8 nitrogen and oxygen atoms in total. The summed E-state index contributed by atoms with van der Waals surface area (Å²) in [5.41, 5.74) is 1.64. The van der Waals surface area contributed by atoms with Crippen LogP contribution >= 0.6 is 0 Å². The second-order valence-corrected chi connectivity index (χ2v) is 10.3. The molecule has 1 atom stereocenters. The molecule has 2 aromatic carbocycles. The van der Waals surface area contributed by atoms with Crippen molar-refractivity contribution in [3.05, 3.63) is 78.0 Å². The molecular weight excluding hydrogens is 416 g/mol. The molecule has 2 heterocycles. The van der Waals surface area contributed by atoms with Crippen LogP contribution in [0.2, 0.25) is 0 Å². The van der Waals surface area contributed by atoms with Gasteiger partial charge < -0.3 is 15.1 Å². The molecular formula is C22H20N4O4S. The number of fused-ring (bicyclic) bond motifs is 1. The number of rotatable bonds is 5. The minimum atomic E-state index is -4.67. The molecule has 1 aromatic heterocycles. The predicted octanol–water partition coefficient (Wildman–Crippen LogP) is 2.62. The Hall–Kier alpha value is -3.74. The van der Waals surface area contributed by atoms with E-state index in [-0.39, 0.29) is 23.2 Å². The van der Waals surface area contributed by atoms with Gasteiger partial charge in [0.1, 0.15) is 11.2 Å². The van der Waals surface area contributed by atoms with Crippen LogP contribution in [0.1, 0.15) is 22.9 Å². The van der Waals surface area contributed by atoms with E-state index < -0.39 is 15.4 Å². The average Bonchev–Trinajstić information content (AvgIpc) is 3.28. The molecule has 1 aliphatic heterocycles. The molecule has 1 amide bonds. The number of nitrogens with zero attached hydrogens (tertiary/aromatic N) is 2. The molecule has 0 fully saturated rings. The summed E-state index contributed by atoms with van der Waals surface area (Å²) < 4.78 is 33.3. The fourth-order valence-corrected chi connectivity index (χ4v) is 5.02. The van der Waals surface area contributed by atoms with Gasteiger partial charge in [-0.15, -0.1) is 10.8 Å². The minimum absolute atomic E-state index is 0.0472. The third kappa shape index (κ3) is 4.12. The number of nitrogens with one attached hydrogen (secondary N) is 2. The molecule has 0 bridgehead atoms. The number of anilines is 1. The van der Waals surface area contributed by atoms with Crippen molar-refractivity contribution in [3.8, 4) is 12.3 Å². The number of aromatic nitrogens is 1. The smallest absolute Gasteiger partial charge is 0.288 e. The van der Waals surface area contributed by atoms with Gasteiger partial charge in [-0.1, -0.05) is 45.8 Å². The summed E-state index contributed by atoms with van der Waals surface area (Å²) in [5.74, 6) is 1.63. The second kappa shape index (κ2) is 7.50. The van der Waals surface area contributed by atoms with Gasteiger partial charge >= 0.3 is 0 Å². The van der Waals surface area contributed by atoms with Gasteiger partial charge in [-0.05, 0) is 23.8 Å². The van der Waals surface area contributed by atoms with Crippen LogP contribution in [0.5, 0.6) is 0 Å². The average molecular weight is 436 g/mol. The van der Waals surface area contributed by atoms with Crippen LogP contribution in [0, 0.1) is 12.3 Å². The van der Waals surface area contributed by atoms with E-state index >= 15 is 0 Å². The van der Waals surface area contributed by atoms with E-state index in [1.54, 1.807) is 12.1 Å². The van der Waals surface area contributed by atoms with Crippen LogP contribution in [0.3, 0.4) is 0 Å². The van der Waals surface area contributed by atoms with Gasteiger partial charge in [-0.3, -0.25) is 9.35 Å². The van der Waals surface area contributed by atoms with E-state index in [9.17, 15) is 13.6 Å². The molecule has 0 saturated carbocycles. The zero-order valence-electron chi connectivity index (χ0n) is 16.6. The van der Waals surface area contributed by atoms with Gasteiger partial charge in [-0.25, -0.2) is 4.98 Å². The van der Waals surface area contributed by atoms with Gasteiger partial charge in [-0.2, -0.15) is 4.21 Å². The Morgan fingerprint density at radius 1 is 1.32 bits per heavy atom. The number of terminal acetylenes is 1. The van der Waals surface area contributed by atoms with Gasteiger partial charge in [0.25, 0.3) is 5.91 Å². The van der Waals surface area contributed by atoms with Crippen LogP contribution in [-0.2, 0) is 14.3 Å². The van der Waals surface area contributed by atoms with Crippen molar-refractivity contribution in [3.63, 3.8) is 0 Å². The van der Waals surface area contributed by atoms with Crippen molar-refractivity contribution in [1.82, 2.24) is 10.3 Å². The second-order valence-electron chi connectivity index (χ2n) is 7.20. The van der Waals surface area contributed by atoms with E-state index in [0.717, 1.165) is 11.8 Å². The van der Waals surface area contributed by atoms with Crippen LogP contribution in [-0.4, -0.2) is 38.3 Å². The molecule has 9 heteroatoms. The lowest BCUT2D eigenvalue weighted by atomic mass is 9.99. The highest BCUT2D eigenvalue weighted by molar-refractivity contribution is 8.13. The number of benzene rings is 2. The monoisotopic (exact) mass is 436 g/mol. The first-order valence-corrected chi connectivity index (χ1v) is 11.6. The third-order valence-corrected chi connectivity index (χ3v) is 6.81. The van der Waals surface area contributed by atoms with Gasteiger partial charge in [0.2, 0.25) is 11.7 Å². The molecule has 3 aromatic rings.